The molecule has 0 aliphatic heterocycles. The first-order valence-corrected chi connectivity index (χ1v) is 6.61. The van der Waals surface area contributed by atoms with Crippen molar-refractivity contribution in [1.29, 1.82) is 0 Å². The van der Waals surface area contributed by atoms with Gasteiger partial charge in [0.15, 0.2) is 0 Å². The molecule has 0 spiro atoms. The van der Waals surface area contributed by atoms with Crippen molar-refractivity contribution < 1.29 is 4.79 Å². The zero-order valence-electron chi connectivity index (χ0n) is 12.1. The molecule has 1 heterocycles. The molecule has 1 amide bonds. The standard InChI is InChI=1S/C14H22N4O/c1-5-7-10(6-2)8-9-11-12(13(15)19)14(16-3)18(4)17-11/h10,16H,5-7H2,1-4H3,(H2,15,19). The maximum atomic E-state index is 11.5. The Morgan fingerprint density at radius 2 is 2.21 bits per heavy atom. The van der Waals surface area contributed by atoms with E-state index in [9.17, 15) is 4.79 Å². The van der Waals surface area contributed by atoms with Gasteiger partial charge in [-0.05, 0) is 18.8 Å². The summed E-state index contributed by atoms with van der Waals surface area (Å²) in [6.45, 7) is 4.25. The zero-order valence-corrected chi connectivity index (χ0v) is 12.1. The molecular formula is C14H22N4O. The first-order valence-electron chi connectivity index (χ1n) is 6.61. The van der Waals surface area contributed by atoms with Crippen LogP contribution in [0.3, 0.4) is 0 Å². The predicted molar refractivity (Wildman–Crippen MR) is 76.8 cm³/mol. The molecule has 0 fully saturated rings. The Kier molecular flexibility index (Phi) is 5.43. The molecule has 1 atom stereocenters. The Morgan fingerprint density at radius 1 is 1.53 bits per heavy atom. The van der Waals surface area contributed by atoms with Crippen molar-refractivity contribution in [3.8, 4) is 11.8 Å². The van der Waals surface area contributed by atoms with Crippen molar-refractivity contribution in [2.45, 2.75) is 33.1 Å². The smallest absolute Gasteiger partial charge is 0.255 e. The predicted octanol–water partition coefficient (Wildman–Crippen LogP) is 1.74. The highest BCUT2D eigenvalue weighted by Crippen LogP contribution is 2.18. The maximum absolute atomic E-state index is 11.5. The molecule has 0 saturated heterocycles. The van der Waals surface area contributed by atoms with Gasteiger partial charge in [-0.15, -0.1) is 0 Å². The van der Waals surface area contributed by atoms with Gasteiger partial charge in [-0.3, -0.25) is 9.48 Å². The highest BCUT2D eigenvalue weighted by Gasteiger charge is 2.18. The topological polar surface area (TPSA) is 72.9 Å². The number of carbonyl (C=O) groups is 1. The first-order chi connectivity index (χ1) is 9.04. The second-order valence-electron chi connectivity index (χ2n) is 4.47. The number of amides is 1. The number of aryl methyl sites for hydroxylation is 1. The third-order valence-corrected chi connectivity index (χ3v) is 3.06. The number of hydrogen-bond acceptors (Lipinski definition) is 3. The molecule has 0 bridgehead atoms. The average Bonchev–Trinajstić information content (AvgIpc) is 2.70. The molecular weight excluding hydrogens is 240 g/mol. The number of rotatable bonds is 5. The number of nitrogens with zero attached hydrogens (tertiary/aromatic N) is 2. The minimum Gasteiger partial charge on any atom is -0.373 e. The Hall–Kier alpha value is -1.96. The summed E-state index contributed by atoms with van der Waals surface area (Å²) in [5.41, 5.74) is 6.22. The lowest BCUT2D eigenvalue weighted by atomic mass is 10.0. The number of aromatic nitrogens is 2. The number of carbonyl (C=O) groups excluding carboxylic acids is 1. The lowest BCUT2D eigenvalue weighted by Gasteiger charge is -2.03. The van der Waals surface area contributed by atoms with Crippen LogP contribution in [0.25, 0.3) is 0 Å². The Morgan fingerprint density at radius 3 is 2.68 bits per heavy atom. The van der Waals surface area contributed by atoms with E-state index >= 15 is 0 Å². The van der Waals surface area contributed by atoms with Crippen LogP contribution in [0.5, 0.6) is 0 Å². The summed E-state index contributed by atoms with van der Waals surface area (Å²) in [4.78, 5) is 11.5. The molecule has 0 aliphatic carbocycles. The normalized spacial score (nSPS) is 11.6. The fraction of sp³-hybridized carbons (Fsp3) is 0.571. The molecule has 19 heavy (non-hydrogen) atoms. The molecule has 1 unspecified atom stereocenters. The van der Waals surface area contributed by atoms with Gasteiger partial charge in [-0.25, -0.2) is 0 Å². The van der Waals surface area contributed by atoms with E-state index in [1.807, 2.05) is 0 Å². The van der Waals surface area contributed by atoms with Gasteiger partial charge in [0.25, 0.3) is 5.91 Å². The summed E-state index contributed by atoms with van der Waals surface area (Å²) in [6, 6.07) is 0. The van der Waals surface area contributed by atoms with Gasteiger partial charge in [0.2, 0.25) is 0 Å². The van der Waals surface area contributed by atoms with E-state index in [0.717, 1.165) is 19.3 Å². The zero-order chi connectivity index (χ0) is 14.4. The molecule has 0 aliphatic rings. The van der Waals surface area contributed by atoms with Crippen LogP contribution in [0, 0.1) is 17.8 Å². The molecule has 5 nitrogen and oxygen atoms in total. The minimum absolute atomic E-state index is 0.339. The molecule has 0 saturated carbocycles. The van der Waals surface area contributed by atoms with E-state index in [0.29, 0.717) is 23.0 Å². The summed E-state index contributed by atoms with van der Waals surface area (Å²) < 4.78 is 1.59. The first kappa shape index (κ1) is 15.1. The summed E-state index contributed by atoms with van der Waals surface area (Å²) in [6.07, 6.45) is 3.15. The van der Waals surface area contributed by atoms with Gasteiger partial charge < -0.3 is 11.1 Å². The van der Waals surface area contributed by atoms with Crippen LogP contribution >= 0.6 is 0 Å². The number of nitrogens with one attached hydrogen (secondary N) is 1. The van der Waals surface area contributed by atoms with E-state index in [1.165, 1.54) is 0 Å². The summed E-state index contributed by atoms with van der Waals surface area (Å²) in [5.74, 6) is 6.62. The number of primary amides is 1. The monoisotopic (exact) mass is 262 g/mol. The van der Waals surface area contributed by atoms with Crippen LogP contribution in [0.2, 0.25) is 0 Å². The van der Waals surface area contributed by atoms with E-state index in [1.54, 1.807) is 18.8 Å². The highest BCUT2D eigenvalue weighted by atomic mass is 16.1. The fourth-order valence-corrected chi connectivity index (χ4v) is 2.03. The van der Waals surface area contributed by atoms with Gasteiger partial charge in [0.1, 0.15) is 17.1 Å². The van der Waals surface area contributed by atoms with Gasteiger partial charge >= 0.3 is 0 Å². The Balaban J connectivity index is 3.14. The van der Waals surface area contributed by atoms with Crippen LogP contribution in [0.1, 0.15) is 49.2 Å². The van der Waals surface area contributed by atoms with Crippen LogP contribution in [-0.2, 0) is 7.05 Å². The van der Waals surface area contributed by atoms with Crippen LogP contribution in [0.4, 0.5) is 5.82 Å². The summed E-state index contributed by atoms with van der Waals surface area (Å²) in [5, 5.41) is 7.17. The Labute approximate surface area is 114 Å². The molecule has 1 aromatic rings. The van der Waals surface area contributed by atoms with E-state index in [4.69, 9.17) is 5.73 Å². The van der Waals surface area contributed by atoms with Crippen molar-refractivity contribution >= 4 is 11.7 Å². The molecule has 1 aromatic heterocycles. The van der Waals surface area contributed by atoms with Crippen LogP contribution in [0.15, 0.2) is 0 Å². The molecule has 0 radical (unpaired) electrons. The van der Waals surface area contributed by atoms with E-state index in [2.05, 4.69) is 36.1 Å². The van der Waals surface area contributed by atoms with Crippen molar-refractivity contribution in [2.24, 2.45) is 18.7 Å². The van der Waals surface area contributed by atoms with Crippen molar-refractivity contribution in [2.75, 3.05) is 12.4 Å². The van der Waals surface area contributed by atoms with E-state index in [-0.39, 0.29) is 0 Å². The number of hydrogen-bond donors (Lipinski definition) is 2. The van der Waals surface area contributed by atoms with E-state index < -0.39 is 5.91 Å². The van der Waals surface area contributed by atoms with Gasteiger partial charge in [0, 0.05) is 20.0 Å². The van der Waals surface area contributed by atoms with Crippen molar-refractivity contribution in [3.05, 3.63) is 11.3 Å². The number of anilines is 1. The molecule has 1 rings (SSSR count). The van der Waals surface area contributed by atoms with Crippen LogP contribution in [-0.4, -0.2) is 22.7 Å². The lowest BCUT2D eigenvalue weighted by Crippen LogP contribution is -2.14. The molecule has 5 heteroatoms. The lowest BCUT2D eigenvalue weighted by molar-refractivity contribution is 0.100. The van der Waals surface area contributed by atoms with Crippen LogP contribution < -0.4 is 11.1 Å². The molecule has 0 aromatic carbocycles. The second kappa shape index (κ2) is 6.83. The third-order valence-electron chi connectivity index (χ3n) is 3.06. The highest BCUT2D eigenvalue weighted by molar-refractivity contribution is 5.99. The molecule has 3 N–H and O–H groups in total. The largest absolute Gasteiger partial charge is 0.373 e. The SMILES string of the molecule is CCCC(C#Cc1nn(C)c(NC)c1C(N)=O)CC. The quantitative estimate of drug-likeness (QED) is 0.794. The summed E-state index contributed by atoms with van der Waals surface area (Å²) >= 11 is 0. The van der Waals surface area contributed by atoms with Crippen molar-refractivity contribution in [1.82, 2.24) is 9.78 Å². The Bertz CT molecular complexity index is 507. The fourth-order valence-electron chi connectivity index (χ4n) is 2.03. The number of nitrogens with two attached hydrogens (primary N) is 1. The van der Waals surface area contributed by atoms with Gasteiger partial charge in [0.05, 0.1) is 0 Å². The average molecular weight is 262 g/mol. The second-order valence-corrected chi connectivity index (χ2v) is 4.47. The molecule has 104 valence electrons. The van der Waals surface area contributed by atoms with Crippen molar-refractivity contribution in [3.63, 3.8) is 0 Å². The minimum atomic E-state index is -0.509. The summed E-state index contributed by atoms with van der Waals surface area (Å²) in [7, 11) is 3.49. The van der Waals surface area contributed by atoms with Gasteiger partial charge in [-0.2, -0.15) is 5.10 Å². The third kappa shape index (κ3) is 3.50. The maximum Gasteiger partial charge on any atom is 0.255 e. The van der Waals surface area contributed by atoms with Gasteiger partial charge in [-0.1, -0.05) is 26.2 Å².